The van der Waals surface area contributed by atoms with Crippen LogP contribution >= 0.6 is 0 Å². The van der Waals surface area contributed by atoms with E-state index in [9.17, 15) is 4.39 Å². The first-order valence-corrected chi connectivity index (χ1v) is 42.3. The molecule has 0 atom stereocenters. The zero-order valence-electron chi connectivity index (χ0n) is 71.6. The molecule has 0 amide bonds. The van der Waals surface area contributed by atoms with Crippen LogP contribution in [0.1, 0.15) is 80.0 Å². The molecular formula is C102H93FN20O3. The third-order valence-corrected chi connectivity index (χ3v) is 22.2. The number of nitrogens with zero attached hydrogens (tertiary/aromatic N) is 18. The van der Waals surface area contributed by atoms with Gasteiger partial charge in [-0.3, -0.25) is 54.3 Å². The number of aromatic amines is 2. The Labute approximate surface area is 728 Å². The first-order chi connectivity index (χ1) is 61.5. The lowest BCUT2D eigenvalue weighted by atomic mass is 9.96. The van der Waals surface area contributed by atoms with Gasteiger partial charge in [0.1, 0.15) is 34.5 Å². The van der Waals surface area contributed by atoms with Crippen molar-refractivity contribution in [3.63, 3.8) is 0 Å². The van der Waals surface area contributed by atoms with Gasteiger partial charge in [-0.05, 0) is 248 Å². The Morgan fingerprint density at radius 1 is 0.452 bits per heavy atom. The number of imidazole rings is 1. The molecule has 15 aromatic heterocycles. The highest BCUT2D eigenvalue weighted by Gasteiger charge is 2.30. The van der Waals surface area contributed by atoms with E-state index in [2.05, 4.69) is 147 Å². The summed E-state index contributed by atoms with van der Waals surface area (Å²) in [5.74, 6) is 3.07. The topological polar surface area (TPSA) is 257 Å². The highest BCUT2D eigenvalue weighted by Crippen LogP contribution is 2.44. The van der Waals surface area contributed by atoms with Gasteiger partial charge in [-0.1, -0.05) is 87.5 Å². The van der Waals surface area contributed by atoms with Gasteiger partial charge >= 0.3 is 0 Å². The molecule has 0 fully saturated rings. The van der Waals surface area contributed by atoms with Gasteiger partial charge in [0.25, 0.3) is 0 Å². The Balaban J connectivity index is 0.000000108. The second kappa shape index (κ2) is 36.1. The van der Waals surface area contributed by atoms with Crippen molar-refractivity contribution >= 4 is 38.4 Å². The molecule has 0 radical (unpaired) electrons. The fourth-order valence-corrected chi connectivity index (χ4v) is 16.2. The van der Waals surface area contributed by atoms with Crippen molar-refractivity contribution in [2.75, 3.05) is 34.0 Å². The average Bonchev–Trinajstić information content (AvgIpc) is 1.62. The maximum Gasteiger partial charge on any atom is 0.231 e. The molecule has 0 spiro atoms. The van der Waals surface area contributed by atoms with Crippen LogP contribution in [0.3, 0.4) is 0 Å². The minimum atomic E-state index is -0.220. The number of pyridine rings is 10. The van der Waals surface area contributed by atoms with Crippen LogP contribution in [0.4, 0.5) is 4.39 Å². The van der Waals surface area contributed by atoms with E-state index in [1.165, 1.54) is 40.0 Å². The van der Waals surface area contributed by atoms with Crippen LogP contribution < -0.4 is 14.2 Å². The van der Waals surface area contributed by atoms with Gasteiger partial charge in [0.15, 0.2) is 11.5 Å². The molecule has 0 bridgehead atoms. The second-order valence-corrected chi connectivity index (χ2v) is 32.6. The fraction of sp³-hybridized carbons (Fsp3) is 0.196. The predicted octanol–water partition coefficient (Wildman–Crippen LogP) is 21.2. The number of hydrogen-bond acceptors (Lipinski definition) is 18. The molecule has 2 N–H and O–H groups in total. The molecule has 626 valence electrons. The summed E-state index contributed by atoms with van der Waals surface area (Å²) in [5, 5.41) is 24.0. The lowest BCUT2D eigenvalue weighted by molar-refractivity contribution is 0.174. The Kier molecular flexibility index (Phi) is 23.4. The van der Waals surface area contributed by atoms with Crippen molar-refractivity contribution < 1.29 is 18.6 Å². The molecule has 0 aliphatic carbocycles. The first kappa shape index (κ1) is 81.8. The molecule has 0 saturated carbocycles. The molecule has 23 nitrogen and oxygen atoms in total. The van der Waals surface area contributed by atoms with Crippen LogP contribution in [0.15, 0.2) is 268 Å². The molecule has 22 rings (SSSR count). The average molecular weight is 1670 g/mol. The van der Waals surface area contributed by atoms with E-state index in [-0.39, 0.29) is 18.0 Å². The van der Waals surface area contributed by atoms with Crippen molar-refractivity contribution in [1.82, 2.24) is 99.1 Å². The number of para-hydroxylation sites is 1. The van der Waals surface area contributed by atoms with Gasteiger partial charge in [-0.15, -0.1) is 0 Å². The van der Waals surface area contributed by atoms with E-state index in [0.29, 0.717) is 6.61 Å². The SMILES string of the molecule is Cc1cccc(-c2[nH]c(C(C)(C)C)nc2-c2ccc3c(c2)OCO3)n1.Cc1cccc(-c2[nH]ncc2-c2ccc3ncccc3n2)n1.Cc1cccc(-c2nn3c(c2-c2ccc(F)cc2)CCC3)n1.Cc1cccc(-c2nn3ccccc3c2-c2ccnc3cc(OCCCN(C)C)ccc23)n1.c1ccc(-c2nn3c(c2-c2ccnc4ccccc24)CCC3)nc1. The molecule has 0 unspecified atom stereocenters. The number of benzene rings is 4. The second-order valence-electron chi connectivity index (χ2n) is 32.6. The molecule has 3 aliphatic heterocycles. The van der Waals surface area contributed by atoms with E-state index < -0.39 is 0 Å². The monoisotopic (exact) mass is 1660 g/mol. The summed E-state index contributed by atoms with van der Waals surface area (Å²) < 4.78 is 36.3. The minimum Gasteiger partial charge on any atom is -0.493 e. The fourth-order valence-electron chi connectivity index (χ4n) is 16.2. The number of halogens is 1. The zero-order valence-corrected chi connectivity index (χ0v) is 71.6. The largest absolute Gasteiger partial charge is 0.493 e. The molecule has 19 aromatic rings. The highest BCUT2D eigenvalue weighted by atomic mass is 19.1. The number of H-pyrrole nitrogens is 2. The number of nitrogens with one attached hydrogen (secondary N) is 2. The van der Waals surface area contributed by atoms with Gasteiger partial charge in [-0.25, -0.2) is 18.9 Å². The number of hydrogen-bond donors (Lipinski definition) is 2. The molecule has 3 aliphatic rings. The number of aryl methyl sites for hydroxylation is 6. The van der Waals surface area contributed by atoms with Gasteiger partial charge in [0, 0.05) is 135 Å². The Morgan fingerprint density at radius 2 is 1.05 bits per heavy atom. The van der Waals surface area contributed by atoms with Gasteiger partial charge in [-0.2, -0.15) is 20.4 Å². The van der Waals surface area contributed by atoms with Crippen molar-refractivity contribution in [2.45, 2.75) is 99.1 Å². The lowest BCUT2D eigenvalue weighted by Gasteiger charge is -2.14. The first-order valence-electron chi connectivity index (χ1n) is 42.3. The third-order valence-electron chi connectivity index (χ3n) is 22.2. The Hall–Kier alpha value is -15.2. The quantitative estimate of drug-likeness (QED) is 0.0904. The Bertz CT molecular complexity index is 7140. The molecular weight excluding hydrogens is 1570 g/mol. The van der Waals surface area contributed by atoms with Crippen LogP contribution in [0, 0.1) is 33.5 Å². The number of ether oxygens (including phenoxy) is 3. The summed E-state index contributed by atoms with van der Waals surface area (Å²) in [5.41, 5.74) is 30.2. The van der Waals surface area contributed by atoms with E-state index >= 15 is 0 Å². The van der Waals surface area contributed by atoms with Crippen LogP contribution in [0.2, 0.25) is 0 Å². The predicted molar refractivity (Wildman–Crippen MR) is 493 cm³/mol. The summed E-state index contributed by atoms with van der Waals surface area (Å²) in [6.45, 7) is 18.2. The van der Waals surface area contributed by atoms with E-state index in [4.69, 9.17) is 39.5 Å². The highest BCUT2D eigenvalue weighted by molar-refractivity contribution is 6.04. The maximum absolute atomic E-state index is 13.2. The van der Waals surface area contributed by atoms with E-state index in [0.717, 1.165) is 232 Å². The summed E-state index contributed by atoms with van der Waals surface area (Å²) in [6.07, 6.45) is 16.4. The molecule has 18 heterocycles. The van der Waals surface area contributed by atoms with Crippen LogP contribution in [0.25, 0.3) is 151 Å². The van der Waals surface area contributed by atoms with Crippen LogP contribution in [0.5, 0.6) is 17.2 Å². The minimum absolute atomic E-state index is 0.0901. The standard InChI is InChI=1S/C27H27N5O.C20H16N4.C20H21N3O2.C18H16FN3.C17H13N5/c1-19-8-6-9-23(29-19)27-26(25-10-4-5-16-32(25)30-27)22-13-14-28-24-18-20(11-12-21(22)24)33-17-7-15-31(2)3;1-2-7-16-14(6-1)15(10-12-22-16)19-18-9-5-13-24(18)23-20(19)17-8-3-4-11-21-17;1-12-6-5-7-14(21-12)18-17(22-19(23-18)20(2,3)4)13-8-9-15-16(10-13)25-11-24-15;1-12-4-2-5-15(20-12)18-17(13-7-9-14(19)10-8-13)16-6-3-11-22(16)21-18;1-11-4-2-5-16(20-11)17-12(10-19-22-17)13-7-8-14-15(21-13)6-3-9-18-14/h4-6,8-14,16,18H,7,15,17H2,1-3H3;1-4,6-8,10-12H,5,9,13H2;5-10H,11H2,1-4H3,(H,22,23);2,4-5,7-10H,3,6,11H2,1H3;2-10H,1H3,(H,19,22). The molecule has 126 heavy (non-hydrogen) atoms. The van der Waals surface area contributed by atoms with Crippen LogP contribution in [-0.2, 0) is 31.3 Å². The zero-order chi connectivity index (χ0) is 86.4. The summed E-state index contributed by atoms with van der Waals surface area (Å²) in [7, 11) is 4.14. The maximum atomic E-state index is 13.2. The van der Waals surface area contributed by atoms with Crippen LogP contribution in [-0.4, -0.2) is 133 Å². The summed E-state index contributed by atoms with van der Waals surface area (Å²) >= 11 is 0. The van der Waals surface area contributed by atoms with E-state index in [1.807, 2.05) is 233 Å². The molecule has 24 heteroatoms. The number of rotatable bonds is 15. The molecule has 4 aromatic carbocycles. The number of fused-ring (bicyclic) bond motifs is 7. The van der Waals surface area contributed by atoms with Crippen molar-refractivity contribution in [3.05, 3.63) is 314 Å². The third kappa shape index (κ3) is 17.6. The lowest BCUT2D eigenvalue weighted by Crippen LogP contribution is -2.15. The summed E-state index contributed by atoms with van der Waals surface area (Å²) in [6, 6.07) is 75.0. The number of aromatic nitrogens is 19. The van der Waals surface area contributed by atoms with Crippen molar-refractivity contribution in [1.29, 1.82) is 0 Å². The van der Waals surface area contributed by atoms with Gasteiger partial charge in [0.05, 0.1) is 91.6 Å². The normalized spacial score (nSPS) is 12.4. The Morgan fingerprint density at radius 3 is 1.75 bits per heavy atom. The molecule has 0 saturated heterocycles. The smallest absolute Gasteiger partial charge is 0.231 e. The van der Waals surface area contributed by atoms with E-state index in [1.54, 1.807) is 12.4 Å². The van der Waals surface area contributed by atoms with Gasteiger partial charge in [0.2, 0.25) is 6.79 Å². The summed E-state index contributed by atoms with van der Waals surface area (Å²) in [4.78, 5) is 51.8. The van der Waals surface area contributed by atoms with Gasteiger partial charge < -0.3 is 24.1 Å². The van der Waals surface area contributed by atoms with Crippen molar-refractivity contribution in [3.8, 4) is 130 Å². The van der Waals surface area contributed by atoms with Crippen molar-refractivity contribution in [2.24, 2.45) is 0 Å².